The maximum atomic E-state index is 13.4. The van der Waals surface area contributed by atoms with E-state index in [9.17, 15) is 24.0 Å². The number of ether oxygens (including phenoxy) is 1. The molecule has 1 atom stereocenters. The lowest BCUT2D eigenvalue weighted by Crippen LogP contribution is -2.52. The van der Waals surface area contributed by atoms with Crippen LogP contribution in [0.5, 0.6) is 5.75 Å². The van der Waals surface area contributed by atoms with Gasteiger partial charge in [-0.3, -0.25) is 34.2 Å². The molecular weight excluding hydrogens is 660 g/mol. The molecule has 12 heteroatoms. The van der Waals surface area contributed by atoms with Gasteiger partial charge in [-0.05, 0) is 98.7 Å². The summed E-state index contributed by atoms with van der Waals surface area (Å²) in [4.78, 5) is 68.8. The van der Waals surface area contributed by atoms with E-state index >= 15 is 0 Å². The van der Waals surface area contributed by atoms with Gasteiger partial charge in [-0.1, -0.05) is 12.1 Å². The van der Waals surface area contributed by atoms with Gasteiger partial charge in [0.15, 0.2) is 0 Å². The van der Waals surface area contributed by atoms with Crippen LogP contribution in [0.2, 0.25) is 0 Å². The number of carbonyl (C=O) groups excluding carboxylic acids is 5. The Morgan fingerprint density at radius 2 is 1.52 bits per heavy atom. The Labute approximate surface area is 306 Å². The molecule has 3 N–H and O–H groups in total. The SMILES string of the molecule is O=C1CCC(c2cccc(N3CCC(CN4CCN(C(=O)C5CCC(C(=O)NCCOc6ccc7c(c6)CCC(=O)N7)CC5)CC4)CC3)c2)C(=O)N1. The lowest BCUT2D eigenvalue weighted by atomic mass is 9.81. The van der Waals surface area contributed by atoms with E-state index in [-0.39, 0.29) is 47.3 Å². The highest BCUT2D eigenvalue weighted by molar-refractivity contribution is 6.01. The Hall–Kier alpha value is -4.45. The van der Waals surface area contributed by atoms with Crippen molar-refractivity contribution in [2.45, 2.75) is 70.1 Å². The smallest absolute Gasteiger partial charge is 0.234 e. The summed E-state index contributed by atoms with van der Waals surface area (Å²) < 4.78 is 5.85. The number of piperidine rings is 2. The highest BCUT2D eigenvalue weighted by atomic mass is 16.5. The maximum absolute atomic E-state index is 13.4. The second-order valence-corrected chi connectivity index (χ2v) is 15.2. The number of rotatable bonds is 10. The summed E-state index contributed by atoms with van der Waals surface area (Å²) in [6, 6.07) is 13.9. The van der Waals surface area contributed by atoms with Crippen molar-refractivity contribution in [3.63, 3.8) is 0 Å². The second-order valence-electron chi connectivity index (χ2n) is 15.2. The number of nitrogens with zero attached hydrogens (tertiary/aromatic N) is 3. The molecule has 5 aliphatic rings. The Bertz CT molecular complexity index is 1640. The molecule has 4 aliphatic heterocycles. The van der Waals surface area contributed by atoms with E-state index in [0.29, 0.717) is 44.8 Å². The van der Waals surface area contributed by atoms with Crippen molar-refractivity contribution in [3.8, 4) is 5.75 Å². The van der Waals surface area contributed by atoms with E-state index in [4.69, 9.17) is 4.74 Å². The Morgan fingerprint density at radius 1 is 0.769 bits per heavy atom. The van der Waals surface area contributed by atoms with Gasteiger partial charge in [-0.2, -0.15) is 0 Å². The third kappa shape index (κ3) is 8.77. The Kier molecular flexibility index (Phi) is 11.4. The fourth-order valence-electron chi connectivity index (χ4n) is 8.64. The zero-order chi connectivity index (χ0) is 36.0. The molecule has 4 heterocycles. The van der Waals surface area contributed by atoms with Crippen molar-refractivity contribution >= 4 is 40.9 Å². The lowest BCUT2D eigenvalue weighted by Gasteiger charge is -2.40. The topological polar surface area (TPSA) is 140 Å². The minimum Gasteiger partial charge on any atom is -0.492 e. The number of fused-ring (bicyclic) bond motifs is 1. The molecule has 0 aromatic heterocycles. The van der Waals surface area contributed by atoms with E-state index in [1.807, 2.05) is 35.2 Å². The van der Waals surface area contributed by atoms with Crippen molar-refractivity contribution in [3.05, 3.63) is 53.6 Å². The van der Waals surface area contributed by atoms with Crippen molar-refractivity contribution in [2.24, 2.45) is 17.8 Å². The van der Waals surface area contributed by atoms with E-state index in [1.54, 1.807) is 0 Å². The van der Waals surface area contributed by atoms with Gasteiger partial charge < -0.3 is 25.2 Å². The summed E-state index contributed by atoms with van der Waals surface area (Å²) in [6.45, 7) is 7.17. The number of imide groups is 1. The average molecular weight is 713 g/mol. The van der Waals surface area contributed by atoms with Crippen LogP contribution in [-0.4, -0.2) is 98.3 Å². The molecule has 0 radical (unpaired) electrons. The first-order valence-corrected chi connectivity index (χ1v) is 19.3. The van der Waals surface area contributed by atoms with Crippen LogP contribution in [0.1, 0.15) is 74.8 Å². The molecule has 12 nitrogen and oxygen atoms in total. The third-order valence-electron chi connectivity index (χ3n) is 11.8. The van der Waals surface area contributed by atoms with Gasteiger partial charge in [0.25, 0.3) is 0 Å². The molecule has 1 unspecified atom stereocenters. The minimum atomic E-state index is -0.263. The molecule has 4 fully saturated rings. The van der Waals surface area contributed by atoms with Crippen LogP contribution in [0, 0.1) is 17.8 Å². The first-order chi connectivity index (χ1) is 25.3. The summed E-state index contributed by atoms with van der Waals surface area (Å²) in [7, 11) is 0. The summed E-state index contributed by atoms with van der Waals surface area (Å²) in [5.74, 6) is 0.997. The summed E-state index contributed by atoms with van der Waals surface area (Å²) >= 11 is 0. The zero-order valence-electron chi connectivity index (χ0n) is 30.1. The number of amides is 5. The highest BCUT2D eigenvalue weighted by Crippen LogP contribution is 2.32. The summed E-state index contributed by atoms with van der Waals surface area (Å²) in [6.07, 6.45) is 7.35. The lowest BCUT2D eigenvalue weighted by molar-refractivity contribution is -0.140. The average Bonchev–Trinajstić information content (AvgIpc) is 3.17. The van der Waals surface area contributed by atoms with E-state index < -0.39 is 0 Å². The van der Waals surface area contributed by atoms with Gasteiger partial charge >= 0.3 is 0 Å². The van der Waals surface area contributed by atoms with Crippen LogP contribution in [0.15, 0.2) is 42.5 Å². The first-order valence-electron chi connectivity index (χ1n) is 19.3. The summed E-state index contributed by atoms with van der Waals surface area (Å²) in [5, 5.41) is 8.37. The molecule has 1 aliphatic carbocycles. The van der Waals surface area contributed by atoms with Crippen molar-refractivity contribution < 1.29 is 28.7 Å². The minimum absolute atomic E-state index is 0.00513. The predicted molar refractivity (Wildman–Crippen MR) is 197 cm³/mol. The fraction of sp³-hybridized carbons (Fsp3) is 0.575. The van der Waals surface area contributed by atoms with E-state index in [2.05, 4.69) is 37.9 Å². The van der Waals surface area contributed by atoms with Crippen LogP contribution < -0.4 is 25.6 Å². The Balaban J connectivity index is 0.770. The van der Waals surface area contributed by atoms with Gasteiger partial charge in [0.2, 0.25) is 29.5 Å². The predicted octanol–water partition coefficient (Wildman–Crippen LogP) is 3.45. The molecule has 2 aromatic carbocycles. The number of piperazine rings is 1. The quantitative estimate of drug-likeness (QED) is 0.252. The fourth-order valence-corrected chi connectivity index (χ4v) is 8.64. The van der Waals surface area contributed by atoms with Crippen molar-refractivity contribution in [1.29, 1.82) is 0 Å². The number of aryl methyl sites for hydroxylation is 1. The standard InChI is InChI=1S/C40H52N6O6/c47-36-12-8-31-25-33(9-11-35(31)42-36)52-23-16-41-38(49)28-4-6-29(7-5-28)40(51)46-21-19-44(20-22-46)26-27-14-17-45(18-15-27)32-3-1-2-30(24-32)34-10-13-37(48)43-39(34)50/h1-3,9,11,24-25,27-29,34H,4-8,10,12-23,26H2,(H,41,49)(H,42,47)(H,43,48,50). The molecule has 5 amide bonds. The van der Waals surface area contributed by atoms with E-state index in [0.717, 1.165) is 113 Å². The molecule has 0 spiro atoms. The molecule has 3 saturated heterocycles. The summed E-state index contributed by atoms with van der Waals surface area (Å²) in [5.41, 5.74) is 4.03. The van der Waals surface area contributed by atoms with Crippen LogP contribution in [0.3, 0.4) is 0 Å². The number of benzene rings is 2. The number of carbonyl (C=O) groups is 5. The first kappa shape index (κ1) is 35.9. The van der Waals surface area contributed by atoms with Crippen LogP contribution in [-0.2, 0) is 30.4 Å². The molecule has 1 saturated carbocycles. The molecule has 7 rings (SSSR count). The number of nitrogens with one attached hydrogen (secondary N) is 3. The molecular formula is C40H52N6O6. The third-order valence-corrected chi connectivity index (χ3v) is 11.8. The van der Waals surface area contributed by atoms with Crippen LogP contribution in [0.4, 0.5) is 11.4 Å². The highest BCUT2D eigenvalue weighted by Gasteiger charge is 2.34. The van der Waals surface area contributed by atoms with Crippen LogP contribution in [0.25, 0.3) is 0 Å². The monoisotopic (exact) mass is 712 g/mol. The second kappa shape index (κ2) is 16.5. The van der Waals surface area contributed by atoms with Crippen LogP contribution >= 0.6 is 0 Å². The Morgan fingerprint density at radius 3 is 2.29 bits per heavy atom. The molecule has 0 bridgehead atoms. The van der Waals surface area contributed by atoms with Gasteiger partial charge in [0.1, 0.15) is 12.4 Å². The van der Waals surface area contributed by atoms with Gasteiger partial charge in [-0.25, -0.2) is 0 Å². The molecule has 278 valence electrons. The zero-order valence-corrected chi connectivity index (χ0v) is 30.1. The van der Waals surface area contributed by atoms with Gasteiger partial charge in [-0.15, -0.1) is 0 Å². The van der Waals surface area contributed by atoms with Gasteiger partial charge in [0.05, 0.1) is 12.5 Å². The molecule has 2 aromatic rings. The van der Waals surface area contributed by atoms with Gasteiger partial charge in [0, 0.05) is 81.9 Å². The number of anilines is 2. The maximum Gasteiger partial charge on any atom is 0.234 e. The molecule has 52 heavy (non-hydrogen) atoms. The normalized spacial score (nSPS) is 24.5. The van der Waals surface area contributed by atoms with Crippen molar-refractivity contribution in [1.82, 2.24) is 20.4 Å². The largest absolute Gasteiger partial charge is 0.492 e. The number of hydrogen-bond acceptors (Lipinski definition) is 8. The van der Waals surface area contributed by atoms with Crippen molar-refractivity contribution in [2.75, 3.05) is 69.2 Å². The van der Waals surface area contributed by atoms with E-state index in [1.165, 1.54) is 0 Å². The number of hydrogen-bond donors (Lipinski definition) is 3.